The molecule has 2 bridgehead atoms. The summed E-state index contributed by atoms with van der Waals surface area (Å²) in [7, 11) is 1.52. The van der Waals surface area contributed by atoms with Gasteiger partial charge >= 0.3 is 0 Å². The summed E-state index contributed by atoms with van der Waals surface area (Å²) in [5.41, 5.74) is 0.217. The van der Waals surface area contributed by atoms with E-state index < -0.39 is 24.0 Å². The lowest BCUT2D eigenvalue weighted by molar-refractivity contribution is -0.131. The van der Waals surface area contributed by atoms with Crippen LogP contribution in [0.15, 0.2) is 24.3 Å². The minimum absolute atomic E-state index is 0.0969. The van der Waals surface area contributed by atoms with E-state index in [4.69, 9.17) is 4.74 Å². The first kappa shape index (κ1) is 13.7. The van der Waals surface area contributed by atoms with Crippen molar-refractivity contribution in [2.24, 2.45) is 23.7 Å². The van der Waals surface area contributed by atoms with Crippen molar-refractivity contribution in [3.8, 4) is 5.75 Å². The van der Waals surface area contributed by atoms with E-state index in [1.807, 2.05) is 0 Å². The molecular formula is C16H17NO5. The molecule has 2 saturated carbocycles. The number of para-hydroxylation sites is 2. The molecule has 0 radical (unpaired) electrons. The second-order valence-corrected chi connectivity index (χ2v) is 6.31. The molecule has 1 saturated heterocycles. The minimum atomic E-state index is -0.711. The predicted octanol–water partition coefficient (Wildman–Crippen LogP) is 0.523. The van der Waals surface area contributed by atoms with Gasteiger partial charge in [0.1, 0.15) is 5.75 Å². The molecule has 6 nitrogen and oxygen atoms in total. The van der Waals surface area contributed by atoms with Crippen molar-refractivity contribution >= 4 is 17.5 Å². The summed E-state index contributed by atoms with van der Waals surface area (Å²) >= 11 is 0. The summed E-state index contributed by atoms with van der Waals surface area (Å²) in [5, 5.41) is 20.2. The molecule has 1 aromatic rings. The number of phenols is 1. The maximum absolute atomic E-state index is 12.8. The Hall–Kier alpha value is -1.92. The average molecular weight is 303 g/mol. The molecule has 3 aliphatic rings. The highest BCUT2D eigenvalue weighted by atomic mass is 16.5. The van der Waals surface area contributed by atoms with E-state index in [1.165, 1.54) is 13.2 Å². The Morgan fingerprint density at radius 3 is 2.41 bits per heavy atom. The average Bonchev–Trinajstić information content (AvgIpc) is 3.11. The minimum Gasteiger partial charge on any atom is -0.506 e. The number of benzene rings is 1. The number of ether oxygens (including phenoxy) is 1. The summed E-state index contributed by atoms with van der Waals surface area (Å²) < 4.78 is 5.33. The predicted molar refractivity (Wildman–Crippen MR) is 76.0 cm³/mol. The number of fused-ring (bicyclic) bond motifs is 5. The van der Waals surface area contributed by atoms with E-state index in [1.54, 1.807) is 18.2 Å². The van der Waals surface area contributed by atoms with Crippen molar-refractivity contribution in [3.63, 3.8) is 0 Å². The third kappa shape index (κ3) is 1.51. The van der Waals surface area contributed by atoms with Gasteiger partial charge in [-0.25, -0.2) is 4.90 Å². The number of methoxy groups -OCH3 is 1. The SMILES string of the molecule is CO[C@@H]1[C@@H](O)[C@@H]2C[C@@H]1[C@@H]1C(=O)N(c3ccccc3O)C(=O)[C@@H]21. The Kier molecular flexibility index (Phi) is 2.83. The molecule has 22 heavy (non-hydrogen) atoms. The number of anilines is 1. The molecule has 116 valence electrons. The number of hydrogen-bond acceptors (Lipinski definition) is 5. The van der Waals surface area contributed by atoms with Crippen molar-refractivity contribution in [1.29, 1.82) is 0 Å². The van der Waals surface area contributed by atoms with Crippen LogP contribution in [0.1, 0.15) is 6.42 Å². The van der Waals surface area contributed by atoms with Gasteiger partial charge in [-0.2, -0.15) is 0 Å². The van der Waals surface area contributed by atoms with Gasteiger partial charge in [0.15, 0.2) is 0 Å². The molecule has 0 spiro atoms. The van der Waals surface area contributed by atoms with Gasteiger partial charge in [-0.15, -0.1) is 0 Å². The molecule has 1 heterocycles. The second-order valence-electron chi connectivity index (χ2n) is 6.31. The van der Waals surface area contributed by atoms with Gasteiger partial charge in [0, 0.05) is 18.9 Å². The van der Waals surface area contributed by atoms with E-state index in [0.717, 1.165) is 4.90 Å². The fraction of sp³-hybridized carbons (Fsp3) is 0.500. The van der Waals surface area contributed by atoms with Gasteiger partial charge in [-0.3, -0.25) is 9.59 Å². The van der Waals surface area contributed by atoms with Crippen LogP contribution < -0.4 is 4.90 Å². The lowest BCUT2D eigenvalue weighted by Crippen LogP contribution is -2.44. The fourth-order valence-corrected chi connectivity index (χ4v) is 4.61. The van der Waals surface area contributed by atoms with Crippen LogP contribution in [-0.2, 0) is 14.3 Å². The Morgan fingerprint density at radius 1 is 1.14 bits per heavy atom. The first-order valence-corrected chi connectivity index (χ1v) is 7.43. The first-order valence-electron chi connectivity index (χ1n) is 7.43. The van der Waals surface area contributed by atoms with Crippen LogP contribution in [0.5, 0.6) is 5.75 Å². The quantitative estimate of drug-likeness (QED) is 0.778. The van der Waals surface area contributed by atoms with Gasteiger partial charge in [-0.05, 0) is 18.6 Å². The number of rotatable bonds is 2. The van der Waals surface area contributed by atoms with Crippen molar-refractivity contribution in [2.75, 3.05) is 12.0 Å². The van der Waals surface area contributed by atoms with Crippen molar-refractivity contribution in [1.82, 2.24) is 0 Å². The van der Waals surface area contributed by atoms with E-state index in [2.05, 4.69) is 0 Å². The zero-order chi connectivity index (χ0) is 15.6. The molecule has 1 aliphatic heterocycles. The zero-order valence-electron chi connectivity index (χ0n) is 12.0. The smallest absolute Gasteiger partial charge is 0.238 e. The normalized spacial score (nSPS) is 39.6. The van der Waals surface area contributed by atoms with Crippen LogP contribution in [0, 0.1) is 23.7 Å². The summed E-state index contributed by atoms with van der Waals surface area (Å²) in [6, 6.07) is 6.31. The van der Waals surface area contributed by atoms with Crippen LogP contribution in [0.25, 0.3) is 0 Å². The van der Waals surface area contributed by atoms with Gasteiger partial charge < -0.3 is 14.9 Å². The highest BCUT2D eigenvalue weighted by Gasteiger charge is 2.67. The van der Waals surface area contributed by atoms with Crippen LogP contribution in [0.2, 0.25) is 0 Å². The number of hydrogen-bond donors (Lipinski definition) is 2. The van der Waals surface area contributed by atoms with Crippen LogP contribution in [0.4, 0.5) is 5.69 Å². The molecule has 4 rings (SSSR count). The van der Waals surface area contributed by atoms with Crippen molar-refractivity contribution < 1.29 is 24.5 Å². The number of phenolic OH excluding ortho intramolecular Hbond substituents is 1. The van der Waals surface area contributed by atoms with E-state index in [-0.39, 0.29) is 35.1 Å². The second kappa shape index (κ2) is 4.54. The van der Waals surface area contributed by atoms with Gasteiger partial charge in [0.2, 0.25) is 11.8 Å². The highest BCUT2D eigenvalue weighted by Crippen LogP contribution is 2.57. The maximum atomic E-state index is 12.8. The third-order valence-electron chi connectivity index (χ3n) is 5.46. The number of carbonyl (C=O) groups is 2. The van der Waals surface area contributed by atoms with E-state index >= 15 is 0 Å². The number of nitrogens with zero attached hydrogens (tertiary/aromatic N) is 1. The van der Waals surface area contributed by atoms with Gasteiger partial charge in [0.25, 0.3) is 0 Å². The number of aromatic hydroxyl groups is 1. The fourth-order valence-electron chi connectivity index (χ4n) is 4.61. The van der Waals surface area contributed by atoms with Crippen LogP contribution in [0.3, 0.4) is 0 Å². The molecule has 2 N–H and O–H groups in total. The number of aliphatic hydroxyl groups is 1. The van der Waals surface area contributed by atoms with Gasteiger partial charge in [-0.1, -0.05) is 12.1 Å². The lowest BCUT2D eigenvalue weighted by atomic mass is 9.78. The monoisotopic (exact) mass is 303 g/mol. The molecule has 2 aliphatic carbocycles. The molecule has 3 fully saturated rings. The molecule has 0 aromatic heterocycles. The largest absolute Gasteiger partial charge is 0.506 e. The summed E-state index contributed by atoms with van der Waals surface area (Å²) in [4.78, 5) is 26.6. The number of amides is 2. The first-order chi connectivity index (χ1) is 10.6. The lowest BCUT2D eigenvalue weighted by Gasteiger charge is -2.31. The number of imide groups is 1. The molecule has 6 atom stereocenters. The summed E-state index contributed by atoms with van der Waals surface area (Å²) in [6.07, 6.45) is -0.467. The van der Waals surface area contributed by atoms with Crippen molar-refractivity contribution in [3.05, 3.63) is 24.3 Å². The van der Waals surface area contributed by atoms with Crippen LogP contribution >= 0.6 is 0 Å². The number of carbonyl (C=O) groups excluding carboxylic acids is 2. The Morgan fingerprint density at radius 2 is 1.77 bits per heavy atom. The molecule has 1 aromatic carbocycles. The highest BCUT2D eigenvalue weighted by molar-refractivity contribution is 6.23. The Balaban J connectivity index is 1.75. The van der Waals surface area contributed by atoms with E-state index in [9.17, 15) is 19.8 Å². The summed E-state index contributed by atoms with van der Waals surface area (Å²) in [5.74, 6) is -2.05. The Bertz CT molecular complexity index is 660. The maximum Gasteiger partial charge on any atom is 0.238 e. The third-order valence-corrected chi connectivity index (χ3v) is 5.46. The van der Waals surface area contributed by atoms with Crippen LogP contribution in [-0.4, -0.2) is 41.3 Å². The topological polar surface area (TPSA) is 87.1 Å². The molecule has 0 unspecified atom stereocenters. The zero-order valence-corrected chi connectivity index (χ0v) is 12.0. The van der Waals surface area contributed by atoms with Gasteiger partial charge in [0.05, 0.1) is 29.7 Å². The number of aliphatic hydroxyl groups excluding tert-OH is 1. The molecule has 6 heteroatoms. The van der Waals surface area contributed by atoms with E-state index in [0.29, 0.717) is 6.42 Å². The van der Waals surface area contributed by atoms with Crippen molar-refractivity contribution in [2.45, 2.75) is 18.6 Å². The molecular weight excluding hydrogens is 286 g/mol. The standard InChI is InChI=1S/C16H17NO5/c1-22-14-8-6-7(13(14)19)11-12(8)16(21)17(15(11)20)9-4-2-3-5-10(9)18/h2-5,7-8,11-14,18-19H,6H2,1H3/t7-,8-,11+,12+,13+,14+/m1/s1. The Labute approximate surface area is 127 Å². The molecule has 2 amide bonds. The summed E-state index contributed by atoms with van der Waals surface area (Å²) in [6.45, 7) is 0.